The van der Waals surface area contributed by atoms with Crippen molar-refractivity contribution in [3.63, 3.8) is 0 Å². The number of hydrogen-bond acceptors (Lipinski definition) is 3. The Balaban J connectivity index is 1.95. The zero-order chi connectivity index (χ0) is 13.9. The Morgan fingerprint density at radius 1 is 1.37 bits per heavy atom. The van der Waals surface area contributed by atoms with Crippen LogP contribution < -0.4 is 5.73 Å². The van der Waals surface area contributed by atoms with E-state index in [4.69, 9.17) is 10.5 Å². The minimum atomic E-state index is -0.306. The predicted octanol–water partition coefficient (Wildman–Crippen LogP) is 1.78. The van der Waals surface area contributed by atoms with Crippen LogP contribution >= 0.6 is 0 Å². The minimum Gasteiger partial charge on any atom is -0.376 e. The molecule has 1 amide bonds. The number of likely N-dealkylation sites (N-methyl/N-ethyl adjacent to an activating group) is 1. The van der Waals surface area contributed by atoms with E-state index in [1.165, 1.54) is 0 Å². The molecule has 2 fully saturated rings. The van der Waals surface area contributed by atoms with Gasteiger partial charge in [-0.3, -0.25) is 4.79 Å². The van der Waals surface area contributed by atoms with Crippen molar-refractivity contribution in [2.75, 3.05) is 26.7 Å². The first-order chi connectivity index (χ1) is 9.07. The van der Waals surface area contributed by atoms with Gasteiger partial charge in [0.05, 0.1) is 11.5 Å². The summed E-state index contributed by atoms with van der Waals surface area (Å²) in [6.45, 7) is 4.30. The third kappa shape index (κ3) is 3.29. The lowest BCUT2D eigenvalue weighted by Gasteiger charge is -2.40. The van der Waals surface area contributed by atoms with Crippen molar-refractivity contribution < 1.29 is 9.53 Å². The number of hydrogen-bond donors (Lipinski definition) is 1. The lowest BCUT2D eigenvalue weighted by Crippen LogP contribution is -2.50. The number of nitrogens with two attached hydrogens (primary N) is 1. The summed E-state index contributed by atoms with van der Waals surface area (Å²) >= 11 is 0. The van der Waals surface area contributed by atoms with E-state index in [1.807, 2.05) is 11.9 Å². The SMILES string of the molecule is CC1CCC(CN)(C(=O)N(C)CC2CCCO2)CC1. The van der Waals surface area contributed by atoms with Crippen LogP contribution in [0.15, 0.2) is 0 Å². The van der Waals surface area contributed by atoms with Crippen LogP contribution in [-0.4, -0.2) is 43.7 Å². The van der Waals surface area contributed by atoms with E-state index in [1.54, 1.807) is 0 Å². The van der Waals surface area contributed by atoms with Gasteiger partial charge < -0.3 is 15.4 Å². The molecule has 2 rings (SSSR count). The van der Waals surface area contributed by atoms with E-state index in [2.05, 4.69) is 6.92 Å². The molecule has 0 aromatic carbocycles. The van der Waals surface area contributed by atoms with Gasteiger partial charge in [-0.05, 0) is 44.4 Å². The van der Waals surface area contributed by atoms with Crippen LogP contribution in [0.3, 0.4) is 0 Å². The van der Waals surface area contributed by atoms with Crippen molar-refractivity contribution in [1.82, 2.24) is 4.90 Å². The standard InChI is InChI=1S/C15H28N2O2/c1-12-5-7-15(11-16,8-6-12)14(18)17(2)10-13-4-3-9-19-13/h12-13H,3-11,16H2,1-2H3. The highest BCUT2D eigenvalue weighted by atomic mass is 16.5. The number of rotatable bonds is 4. The molecule has 19 heavy (non-hydrogen) atoms. The first-order valence-corrected chi connectivity index (χ1v) is 7.64. The molecule has 0 aromatic heterocycles. The van der Waals surface area contributed by atoms with Gasteiger partial charge in [-0.25, -0.2) is 0 Å². The van der Waals surface area contributed by atoms with Crippen LogP contribution in [0.4, 0.5) is 0 Å². The molecule has 1 atom stereocenters. The quantitative estimate of drug-likeness (QED) is 0.845. The normalized spacial score (nSPS) is 35.3. The maximum atomic E-state index is 12.7. The summed E-state index contributed by atoms with van der Waals surface area (Å²) < 4.78 is 5.62. The zero-order valence-electron chi connectivity index (χ0n) is 12.4. The average molecular weight is 268 g/mol. The second kappa shape index (κ2) is 6.23. The second-order valence-electron chi connectivity index (χ2n) is 6.49. The van der Waals surface area contributed by atoms with Crippen molar-refractivity contribution in [3.8, 4) is 0 Å². The first kappa shape index (κ1) is 14.8. The fourth-order valence-electron chi connectivity index (χ4n) is 3.40. The van der Waals surface area contributed by atoms with Crippen LogP contribution in [0.1, 0.15) is 45.4 Å². The highest BCUT2D eigenvalue weighted by molar-refractivity contribution is 5.83. The number of ether oxygens (including phenoxy) is 1. The number of nitrogens with zero attached hydrogens (tertiary/aromatic N) is 1. The molecule has 0 aromatic rings. The Hall–Kier alpha value is -0.610. The highest BCUT2D eigenvalue weighted by Gasteiger charge is 2.41. The fraction of sp³-hybridized carbons (Fsp3) is 0.933. The van der Waals surface area contributed by atoms with Crippen molar-refractivity contribution in [2.45, 2.75) is 51.6 Å². The highest BCUT2D eigenvalue weighted by Crippen LogP contribution is 2.39. The van der Waals surface area contributed by atoms with Gasteiger partial charge >= 0.3 is 0 Å². The second-order valence-corrected chi connectivity index (χ2v) is 6.49. The van der Waals surface area contributed by atoms with E-state index in [0.717, 1.165) is 57.6 Å². The number of carbonyl (C=O) groups excluding carboxylic acids is 1. The summed E-state index contributed by atoms with van der Waals surface area (Å²) in [7, 11) is 1.90. The van der Waals surface area contributed by atoms with E-state index >= 15 is 0 Å². The van der Waals surface area contributed by atoms with E-state index in [9.17, 15) is 4.79 Å². The molecule has 4 heteroatoms. The lowest BCUT2D eigenvalue weighted by atomic mass is 9.70. The maximum Gasteiger partial charge on any atom is 0.229 e. The molecular formula is C15H28N2O2. The maximum absolute atomic E-state index is 12.7. The van der Waals surface area contributed by atoms with Gasteiger partial charge in [0.1, 0.15) is 0 Å². The van der Waals surface area contributed by atoms with E-state index in [-0.39, 0.29) is 17.4 Å². The molecule has 0 spiro atoms. The Morgan fingerprint density at radius 3 is 2.58 bits per heavy atom. The smallest absolute Gasteiger partial charge is 0.229 e. The van der Waals surface area contributed by atoms with Gasteiger partial charge in [0.15, 0.2) is 0 Å². The summed E-state index contributed by atoms with van der Waals surface area (Å²) in [6, 6.07) is 0. The summed E-state index contributed by atoms with van der Waals surface area (Å²) in [5.74, 6) is 0.966. The molecule has 1 unspecified atom stereocenters. The Morgan fingerprint density at radius 2 is 2.05 bits per heavy atom. The summed E-state index contributed by atoms with van der Waals surface area (Å²) in [6.07, 6.45) is 6.55. The zero-order valence-corrected chi connectivity index (χ0v) is 12.4. The van der Waals surface area contributed by atoms with E-state index in [0.29, 0.717) is 6.54 Å². The molecule has 1 aliphatic carbocycles. The molecule has 110 valence electrons. The van der Waals surface area contributed by atoms with Gasteiger partial charge in [0.2, 0.25) is 5.91 Å². The van der Waals surface area contributed by atoms with Crippen LogP contribution in [-0.2, 0) is 9.53 Å². The predicted molar refractivity (Wildman–Crippen MR) is 75.7 cm³/mol. The van der Waals surface area contributed by atoms with Gasteiger partial charge in [-0.15, -0.1) is 0 Å². The van der Waals surface area contributed by atoms with Gasteiger partial charge in [0.25, 0.3) is 0 Å². The average Bonchev–Trinajstić information content (AvgIpc) is 2.92. The van der Waals surface area contributed by atoms with E-state index < -0.39 is 0 Å². The fourth-order valence-corrected chi connectivity index (χ4v) is 3.40. The molecule has 2 aliphatic rings. The number of amides is 1. The third-order valence-corrected chi connectivity index (χ3v) is 4.92. The molecule has 0 radical (unpaired) electrons. The van der Waals surface area contributed by atoms with Crippen molar-refractivity contribution in [3.05, 3.63) is 0 Å². The molecular weight excluding hydrogens is 240 g/mol. The Labute approximate surface area is 116 Å². The van der Waals surface area contributed by atoms with Crippen LogP contribution in [0, 0.1) is 11.3 Å². The van der Waals surface area contributed by atoms with Crippen LogP contribution in [0.25, 0.3) is 0 Å². The topological polar surface area (TPSA) is 55.6 Å². The molecule has 2 N–H and O–H groups in total. The first-order valence-electron chi connectivity index (χ1n) is 7.64. The van der Waals surface area contributed by atoms with Crippen molar-refractivity contribution in [1.29, 1.82) is 0 Å². The monoisotopic (exact) mass is 268 g/mol. The summed E-state index contributed by atoms with van der Waals surface area (Å²) in [4.78, 5) is 14.6. The van der Waals surface area contributed by atoms with Crippen LogP contribution in [0.2, 0.25) is 0 Å². The molecule has 1 saturated carbocycles. The van der Waals surface area contributed by atoms with Crippen molar-refractivity contribution >= 4 is 5.91 Å². The van der Waals surface area contributed by atoms with Gasteiger partial charge in [-0.2, -0.15) is 0 Å². The summed E-state index contributed by atoms with van der Waals surface area (Å²) in [5.41, 5.74) is 5.65. The molecule has 1 saturated heterocycles. The van der Waals surface area contributed by atoms with Gasteiger partial charge in [-0.1, -0.05) is 6.92 Å². The number of carbonyl (C=O) groups is 1. The van der Waals surface area contributed by atoms with Gasteiger partial charge in [0, 0.05) is 26.7 Å². The van der Waals surface area contributed by atoms with Crippen LogP contribution in [0.5, 0.6) is 0 Å². The van der Waals surface area contributed by atoms with Crippen molar-refractivity contribution in [2.24, 2.45) is 17.1 Å². The molecule has 1 aliphatic heterocycles. The third-order valence-electron chi connectivity index (χ3n) is 4.92. The Bertz CT molecular complexity index is 305. The minimum absolute atomic E-state index is 0.228. The lowest BCUT2D eigenvalue weighted by molar-refractivity contribution is -0.144. The molecule has 4 nitrogen and oxygen atoms in total. The Kier molecular flexibility index (Phi) is 4.85. The summed E-state index contributed by atoms with van der Waals surface area (Å²) in [5, 5.41) is 0. The molecule has 0 bridgehead atoms. The largest absolute Gasteiger partial charge is 0.376 e. The molecule has 1 heterocycles.